The molecule has 0 radical (unpaired) electrons. The number of ether oxygens (including phenoxy) is 2. The second kappa shape index (κ2) is 5.73. The van der Waals surface area contributed by atoms with Gasteiger partial charge < -0.3 is 14.3 Å². The Morgan fingerprint density at radius 1 is 1.11 bits per heavy atom. The van der Waals surface area contributed by atoms with E-state index in [1.54, 1.807) is 18.2 Å². The molecule has 0 atom stereocenters. The zero-order chi connectivity index (χ0) is 13.8. The van der Waals surface area contributed by atoms with E-state index >= 15 is 0 Å². The molecule has 100 valence electrons. The fourth-order valence-corrected chi connectivity index (χ4v) is 1.22. The second-order valence-corrected chi connectivity index (χ2v) is 4.81. The van der Waals surface area contributed by atoms with Crippen molar-refractivity contribution >= 4 is 5.97 Å². The molecule has 0 aliphatic heterocycles. The van der Waals surface area contributed by atoms with Crippen LogP contribution in [-0.4, -0.2) is 25.7 Å². The summed E-state index contributed by atoms with van der Waals surface area (Å²) >= 11 is 0. The van der Waals surface area contributed by atoms with E-state index in [4.69, 9.17) is 14.3 Å². The van der Waals surface area contributed by atoms with E-state index in [0.29, 0.717) is 17.1 Å². The van der Waals surface area contributed by atoms with Gasteiger partial charge in [0.05, 0.1) is 19.8 Å². The Morgan fingerprint density at radius 3 is 2.22 bits per heavy atom. The lowest BCUT2D eigenvalue weighted by molar-refractivity contribution is 0.00462. The van der Waals surface area contributed by atoms with E-state index in [0.717, 1.165) is 0 Å². The standard InChI is InChI=1S/C13H19NO4/c1-13(2,3)14-18-12(15)9-6-7-10(16-4)11(8-9)17-5/h6-8,14H,1-5H3. The van der Waals surface area contributed by atoms with Crippen LogP contribution in [0.15, 0.2) is 18.2 Å². The van der Waals surface area contributed by atoms with Crippen molar-refractivity contribution in [3.05, 3.63) is 23.8 Å². The third kappa shape index (κ3) is 3.92. The van der Waals surface area contributed by atoms with Crippen molar-refractivity contribution in [2.75, 3.05) is 14.2 Å². The molecule has 0 spiro atoms. The van der Waals surface area contributed by atoms with E-state index in [-0.39, 0.29) is 5.54 Å². The van der Waals surface area contributed by atoms with Gasteiger partial charge in [-0.15, -0.1) is 5.48 Å². The van der Waals surface area contributed by atoms with Crippen LogP contribution in [0.25, 0.3) is 0 Å². The maximum atomic E-state index is 11.8. The van der Waals surface area contributed by atoms with Gasteiger partial charge in [0.1, 0.15) is 0 Å². The monoisotopic (exact) mass is 253 g/mol. The molecule has 1 rings (SSSR count). The quantitative estimate of drug-likeness (QED) is 0.833. The normalized spacial score (nSPS) is 10.9. The SMILES string of the molecule is COc1ccc(C(=O)ONC(C)(C)C)cc1OC. The largest absolute Gasteiger partial charge is 0.493 e. The van der Waals surface area contributed by atoms with Crippen molar-refractivity contribution in [2.24, 2.45) is 0 Å². The molecular weight excluding hydrogens is 234 g/mol. The highest BCUT2D eigenvalue weighted by atomic mass is 16.7. The lowest BCUT2D eigenvalue weighted by atomic mass is 10.1. The smallest absolute Gasteiger partial charge is 0.356 e. The number of carbonyl (C=O) groups is 1. The molecule has 0 saturated carbocycles. The van der Waals surface area contributed by atoms with Crippen LogP contribution < -0.4 is 15.0 Å². The Labute approximate surface area is 107 Å². The van der Waals surface area contributed by atoms with E-state index in [2.05, 4.69) is 5.48 Å². The van der Waals surface area contributed by atoms with Crippen molar-refractivity contribution in [2.45, 2.75) is 26.3 Å². The van der Waals surface area contributed by atoms with Crippen LogP contribution in [0.1, 0.15) is 31.1 Å². The predicted molar refractivity (Wildman–Crippen MR) is 67.9 cm³/mol. The van der Waals surface area contributed by atoms with Crippen molar-refractivity contribution < 1.29 is 19.1 Å². The van der Waals surface area contributed by atoms with E-state index in [9.17, 15) is 4.79 Å². The molecule has 5 heteroatoms. The lowest BCUT2D eigenvalue weighted by Crippen LogP contribution is -2.37. The first-order valence-corrected chi connectivity index (χ1v) is 5.58. The molecule has 0 aliphatic rings. The summed E-state index contributed by atoms with van der Waals surface area (Å²) in [6.45, 7) is 5.69. The van der Waals surface area contributed by atoms with Gasteiger partial charge in [-0.25, -0.2) is 4.79 Å². The van der Waals surface area contributed by atoms with Crippen LogP contribution in [0.4, 0.5) is 0 Å². The number of methoxy groups -OCH3 is 2. The number of hydrogen-bond donors (Lipinski definition) is 1. The number of hydroxylamine groups is 1. The molecule has 0 fully saturated rings. The summed E-state index contributed by atoms with van der Waals surface area (Å²) in [7, 11) is 3.05. The Balaban J connectivity index is 2.80. The van der Waals surface area contributed by atoms with Gasteiger partial charge in [0.15, 0.2) is 11.5 Å². The third-order valence-corrected chi connectivity index (χ3v) is 2.07. The maximum absolute atomic E-state index is 11.8. The summed E-state index contributed by atoms with van der Waals surface area (Å²) < 4.78 is 10.2. The Kier molecular flexibility index (Phi) is 4.55. The van der Waals surface area contributed by atoms with Gasteiger partial charge in [0.25, 0.3) is 0 Å². The molecular formula is C13H19NO4. The van der Waals surface area contributed by atoms with Crippen LogP contribution in [0, 0.1) is 0 Å². The van der Waals surface area contributed by atoms with Crippen molar-refractivity contribution in [1.82, 2.24) is 5.48 Å². The molecule has 0 aromatic heterocycles. The van der Waals surface area contributed by atoms with Crippen LogP contribution in [0.5, 0.6) is 11.5 Å². The zero-order valence-electron chi connectivity index (χ0n) is 11.4. The van der Waals surface area contributed by atoms with Gasteiger partial charge >= 0.3 is 5.97 Å². The highest BCUT2D eigenvalue weighted by Gasteiger charge is 2.16. The number of carbonyl (C=O) groups excluding carboxylic acids is 1. The molecule has 0 heterocycles. The fourth-order valence-electron chi connectivity index (χ4n) is 1.22. The van der Waals surface area contributed by atoms with E-state index < -0.39 is 5.97 Å². The van der Waals surface area contributed by atoms with Crippen molar-refractivity contribution in [3.8, 4) is 11.5 Å². The molecule has 1 aromatic carbocycles. The van der Waals surface area contributed by atoms with Gasteiger partial charge in [-0.2, -0.15) is 0 Å². The van der Waals surface area contributed by atoms with Crippen LogP contribution in [0.2, 0.25) is 0 Å². The minimum atomic E-state index is -0.467. The molecule has 0 unspecified atom stereocenters. The van der Waals surface area contributed by atoms with Crippen LogP contribution in [-0.2, 0) is 4.84 Å². The van der Waals surface area contributed by atoms with E-state index in [1.165, 1.54) is 14.2 Å². The summed E-state index contributed by atoms with van der Waals surface area (Å²) in [5.74, 6) is 0.589. The number of hydrogen-bond acceptors (Lipinski definition) is 5. The minimum Gasteiger partial charge on any atom is -0.493 e. The Morgan fingerprint density at radius 2 is 1.72 bits per heavy atom. The first-order chi connectivity index (χ1) is 8.37. The Bertz CT molecular complexity index is 423. The summed E-state index contributed by atoms with van der Waals surface area (Å²) in [5, 5.41) is 0. The summed E-state index contributed by atoms with van der Waals surface area (Å²) in [5.41, 5.74) is 2.76. The van der Waals surface area contributed by atoms with Crippen molar-refractivity contribution in [3.63, 3.8) is 0 Å². The van der Waals surface area contributed by atoms with Crippen LogP contribution >= 0.6 is 0 Å². The molecule has 5 nitrogen and oxygen atoms in total. The van der Waals surface area contributed by atoms with Gasteiger partial charge in [-0.05, 0) is 39.0 Å². The number of rotatable bonds is 4. The van der Waals surface area contributed by atoms with E-state index in [1.807, 2.05) is 20.8 Å². The molecule has 18 heavy (non-hydrogen) atoms. The Hall–Kier alpha value is -1.75. The number of nitrogens with one attached hydrogen (secondary N) is 1. The first kappa shape index (κ1) is 14.3. The van der Waals surface area contributed by atoms with Gasteiger partial charge in [-0.1, -0.05) is 0 Å². The minimum absolute atomic E-state index is 0.299. The summed E-state index contributed by atoms with van der Waals surface area (Å²) in [6.07, 6.45) is 0. The molecule has 0 saturated heterocycles. The molecule has 0 bridgehead atoms. The van der Waals surface area contributed by atoms with Crippen molar-refractivity contribution in [1.29, 1.82) is 0 Å². The first-order valence-electron chi connectivity index (χ1n) is 5.58. The predicted octanol–water partition coefficient (Wildman–Crippen LogP) is 2.16. The molecule has 0 amide bonds. The zero-order valence-corrected chi connectivity index (χ0v) is 11.4. The van der Waals surface area contributed by atoms with Crippen LogP contribution in [0.3, 0.4) is 0 Å². The molecule has 1 N–H and O–H groups in total. The molecule has 0 aliphatic carbocycles. The average Bonchev–Trinajstić information content (AvgIpc) is 2.34. The van der Waals surface area contributed by atoms with Gasteiger partial charge in [0.2, 0.25) is 0 Å². The molecule has 1 aromatic rings. The van der Waals surface area contributed by atoms with Gasteiger partial charge in [0, 0.05) is 5.54 Å². The maximum Gasteiger partial charge on any atom is 0.356 e. The highest BCUT2D eigenvalue weighted by molar-refractivity contribution is 5.90. The third-order valence-electron chi connectivity index (χ3n) is 2.07. The van der Waals surface area contributed by atoms with Gasteiger partial charge in [-0.3, -0.25) is 0 Å². The fraction of sp³-hybridized carbons (Fsp3) is 0.462. The lowest BCUT2D eigenvalue weighted by Gasteiger charge is -2.19. The number of benzene rings is 1. The highest BCUT2D eigenvalue weighted by Crippen LogP contribution is 2.27. The second-order valence-electron chi connectivity index (χ2n) is 4.81. The topological polar surface area (TPSA) is 56.8 Å². The summed E-state index contributed by atoms with van der Waals surface area (Å²) in [4.78, 5) is 16.8. The average molecular weight is 253 g/mol. The summed E-state index contributed by atoms with van der Waals surface area (Å²) in [6, 6.07) is 4.85.